The van der Waals surface area contributed by atoms with Crippen LogP contribution in [0.1, 0.15) is 49.9 Å². The van der Waals surface area contributed by atoms with Crippen molar-refractivity contribution in [2.75, 3.05) is 0 Å². The third-order valence-electron chi connectivity index (χ3n) is 5.11. The maximum absolute atomic E-state index is 12.3. The van der Waals surface area contributed by atoms with Gasteiger partial charge in [-0.3, -0.25) is 4.79 Å². The summed E-state index contributed by atoms with van der Waals surface area (Å²) in [5, 5.41) is 0.802. The van der Waals surface area contributed by atoms with Gasteiger partial charge in [0.2, 0.25) is 0 Å². The van der Waals surface area contributed by atoms with Gasteiger partial charge in [0.05, 0.1) is 11.3 Å². The molecule has 0 spiro atoms. The molecule has 0 saturated heterocycles. The summed E-state index contributed by atoms with van der Waals surface area (Å²) >= 11 is 7.48. The molecule has 114 valence electrons. The molecule has 21 heavy (non-hydrogen) atoms. The van der Waals surface area contributed by atoms with E-state index in [0.29, 0.717) is 17.2 Å². The minimum atomic E-state index is -0.0265. The van der Waals surface area contributed by atoms with Crippen LogP contribution >= 0.6 is 22.9 Å². The van der Waals surface area contributed by atoms with Crippen LogP contribution in [0.5, 0.6) is 0 Å². The smallest absolute Gasteiger partial charge is 0.259 e. The van der Waals surface area contributed by atoms with Crippen LogP contribution in [0.2, 0.25) is 0 Å². The lowest BCUT2D eigenvalue weighted by Crippen LogP contribution is -2.28. The van der Waals surface area contributed by atoms with Crippen LogP contribution in [0.15, 0.2) is 4.79 Å². The molecular weight excluding hydrogens is 304 g/mol. The Morgan fingerprint density at radius 1 is 1.48 bits per heavy atom. The first-order chi connectivity index (χ1) is 9.96. The summed E-state index contributed by atoms with van der Waals surface area (Å²) in [6.45, 7) is 6.97. The number of nitrogens with zero attached hydrogens (tertiary/aromatic N) is 1. The molecule has 2 aromatic heterocycles. The first-order valence-corrected chi connectivity index (χ1v) is 8.90. The fourth-order valence-electron chi connectivity index (χ4n) is 3.25. The lowest BCUT2D eigenvalue weighted by molar-refractivity contribution is 0.184. The Morgan fingerprint density at radius 3 is 2.90 bits per heavy atom. The third-order valence-corrected chi connectivity index (χ3v) is 6.51. The van der Waals surface area contributed by atoms with E-state index in [1.165, 1.54) is 16.9 Å². The van der Waals surface area contributed by atoms with E-state index in [1.54, 1.807) is 11.3 Å². The van der Waals surface area contributed by atoms with Gasteiger partial charge in [0, 0.05) is 4.88 Å². The number of alkyl halides is 1. The quantitative estimate of drug-likeness (QED) is 0.857. The fourth-order valence-corrected chi connectivity index (χ4v) is 4.69. The topological polar surface area (TPSA) is 45.8 Å². The normalized spacial score (nSPS) is 19.0. The second-order valence-electron chi connectivity index (χ2n) is 6.61. The molecule has 0 bridgehead atoms. The molecule has 0 radical (unpaired) electrons. The molecule has 3 rings (SSSR count). The molecule has 3 nitrogen and oxygen atoms in total. The molecule has 1 aliphatic carbocycles. The van der Waals surface area contributed by atoms with Crippen molar-refractivity contribution < 1.29 is 0 Å². The number of aromatic amines is 1. The lowest BCUT2D eigenvalue weighted by atomic mass is 9.70. The molecule has 0 fully saturated rings. The Balaban J connectivity index is 2.07. The molecule has 1 atom stereocenters. The van der Waals surface area contributed by atoms with E-state index in [-0.39, 0.29) is 11.4 Å². The molecule has 0 saturated carbocycles. The van der Waals surface area contributed by atoms with Crippen LogP contribution in [0, 0.1) is 11.3 Å². The highest BCUT2D eigenvalue weighted by atomic mass is 35.5. The number of fused-ring (bicyclic) bond motifs is 3. The highest BCUT2D eigenvalue weighted by molar-refractivity contribution is 7.18. The summed E-state index contributed by atoms with van der Waals surface area (Å²) < 4.78 is 0. The molecule has 0 amide bonds. The van der Waals surface area contributed by atoms with Crippen LogP contribution in [0.3, 0.4) is 0 Å². The van der Waals surface area contributed by atoms with E-state index in [9.17, 15) is 4.79 Å². The van der Waals surface area contributed by atoms with Crippen molar-refractivity contribution in [1.29, 1.82) is 0 Å². The molecule has 2 heterocycles. The number of thiophene rings is 1. The number of halogens is 1. The predicted octanol–water partition coefficient (Wildman–Crippen LogP) is 4.26. The van der Waals surface area contributed by atoms with Crippen molar-refractivity contribution in [3.05, 3.63) is 26.6 Å². The van der Waals surface area contributed by atoms with E-state index in [1.807, 2.05) is 0 Å². The lowest BCUT2D eigenvalue weighted by Gasteiger charge is -2.36. The highest BCUT2D eigenvalue weighted by Gasteiger charge is 2.33. The largest absolute Gasteiger partial charge is 0.309 e. The summed E-state index contributed by atoms with van der Waals surface area (Å²) in [4.78, 5) is 21.8. The molecule has 2 aromatic rings. The minimum Gasteiger partial charge on any atom is -0.309 e. The van der Waals surface area contributed by atoms with E-state index in [2.05, 4.69) is 30.7 Å². The zero-order valence-electron chi connectivity index (χ0n) is 12.8. The van der Waals surface area contributed by atoms with Gasteiger partial charge < -0.3 is 4.98 Å². The number of aryl methyl sites for hydroxylation is 1. The van der Waals surface area contributed by atoms with Gasteiger partial charge in [-0.25, -0.2) is 4.98 Å². The highest BCUT2D eigenvalue weighted by Crippen LogP contribution is 2.43. The molecular formula is C16H21ClN2OS. The zero-order valence-corrected chi connectivity index (χ0v) is 14.3. The molecule has 1 unspecified atom stereocenters. The van der Waals surface area contributed by atoms with Gasteiger partial charge in [-0.1, -0.05) is 27.2 Å². The molecule has 5 heteroatoms. The molecule has 1 aliphatic rings. The number of H-pyrrole nitrogens is 1. The second-order valence-corrected chi connectivity index (χ2v) is 7.96. The summed E-state index contributed by atoms with van der Waals surface area (Å²) in [5.74, 6) is 1.51. The van der Waals surface area contributed by atoms with Crippen molar-refractivity contribution in [2.24, 2.45) is 11.3 Å². The minimum absolute atomic E-state index is 0.0265. The number of hydrogen-bond donors (Lipinski definition) is 1. The summed E-state index contributed by atoms with van der Waals surface area (Å²) in [7, 11) is 0. The first-order valence-electron chi connectivity index (χ1n) is 7.55. The zero-order chi connectivity index (χ0) is 15.2. The SMILES string of the molecule is CCC(C)(C)C1CCc2c(sc3nc(CCl)[nH]c(=O)c23)C1. The third kappa shape index (κ3) is 2.53. The maximum atomic E-state index is 12.3. The van der Waals surface area contributed by atoms with Gasteiger partial charge in [-0.2, -0.15) is 0 Å². The van der Waals surface area contributed by atoms with Crippen LogP contribution in [-0.2, 0) is 18.7 Å². The standard InChI is InChI=1S/C16H21ClN2OS/c1-4-16(2,3)9-5-6-10-11(7-9)21-15-13(10)14(20)18-12(8-17)19-15/h9H,4-8H2,1-3H3,(H,18,19,20). The molecule has 0 aliphatic heterocycles. The van der Waals surface area contributed by atoms with E-state index in [0.717, 1.165) is 29.5 Å². The van der Waals surface area contributed by atoms with Gasteiger partial charge in [0.15, 0.2) is 0 Å². The molecule has 1 N–H and O–H groups in total. The summed E-state index contributed by atoms with van der Waals surface area (Å²) in [5.41, 5.74) is 1.56. The van der Waals surface area contributed by atoms with Gasteiger partial charge in [-0.15, -0.1) is 22.9 Å². The van der Waals surface area contributed by atoms with Gasteiger partial charge in [0.25, 0.3) is 5.56 Å². The maximum Gasteiger partial charge on any atom is 0.259 e. The number of aromatic nitrogens is 2. The van der Waals surface area contributed by atoms with Gasteiger partial charge >= 0.3 is 0 Å². The average Bonchev–Trinajstić information content (AvgIpc) is 2.84. The van der Waals surface area contributed by atoms with E-state index >= 15 is 0 Å². The van der Waals surface area contributed by atoms with Gasteiger partial charge in [-0.05, 0) is 36.2 Å². The van der Waals surface area contributed by atoms with Gasteiger partial charge in [0.1, 0.15) is 10.7 Å². The van der Waals surface area contributed by atoms with Crippen LogP contribution in [0.25, 0.3) is 10.2 Å². The Bertz CT molecular complexity index is 732. The fraction of sp³-hybridized carbons (Fsp3) is 0.625. The van der Waals surface area contributed by atoms with E-state index < -0.39 is 0 Å². The summed E-state index contributed by atoms with van der Waals surface area (Å²) in [6.07, 6.45) is 4.42. The van der Waals surface area contributed by atoms with E-state index in [4.69, 9.17) is 11.6 Å². The van der Waals surface area contributed by atoms with Crippen molar-refractivity contribution in [2.45, 2.75) is 52.3 Å². The number of hydrogen-bond acceptors (Lipinski definition) is 3. The van der Waals surface area contributed by atoms with Crippen LogP contribution in [0.4, 0.5) is 0 Å². The predicted molar refractivity (Wildman–Crippen MR) is 89.4 cm³/mol. The summed E-state index contributed by atoms with van der Waals surface area (Å²) in [6, 6.07) is 0. The Morgan fingerprint density at radius 2 is 2.24 bits per heavy atom. The van der Waals surface area contributed by atoms with Crippen LogP contribution < -0.4 is 5.56 Å². The number of rotatable bonds is 3. The van der Waals surface area contributed by atoms with Crippen molar-refractivity contribution in [1.82, 2.24) is 9.97 Å². The van der Waals surface area contributed by atoms with Crippen molar-refractivity contribution in [3.63, 3.8) is 0 Å². The number of nitrogens with one attached hydrogen (secondary N) is 1. The van der Waals surface area contributed by atoms with Crippen molar-refractivity contribution in [3.8, 4) is 0 Å². The monoisotopic (exact) mass is 324 g/mol. The Kier molecular flexibility index (Phi) is 3.87. The Hall–Kier alpha value is -0.870. The molecule has 0 aromatic carbocycles. The van der Waals surface area contributed by atoms with Crippen LogP contribution in [-0.4, -0.2) is 9.97 Å². The Labute approximate surface area is 133 Å². The van der Waals surface area contributed by atoms with Crippen molar-refractivity contribution >= 4 is 33.2 Å². The second kappa shape index (κ2) is 5.40. The average molecular weight is 325 g/mol. The first kappa shape index (κ1) is 15.0.